The quantitative estimate of drug-likeness (QED) is 0.844. The fourth-order valence-corrected chi connectivity index (χ4v) is 3.19. The van der Waals surface area contributed by atoms with Gasteiger partial charge in [0.1, 0.15) is 5.82 Å². The summed E-state index contributed by atoms with van der Waals surface area (Å²) in [7, 11) is 1.79. The Morgan fingerprint density at radius 2 is 2.22 bits per heavy atom. The molecular formula is C17H30N4O2. The van der Waals surface area contributed by atoms with Gasteiger partial charge in [-0.1, -0.05) is 26.7 Å². The Bertz CT molecular complexity index is 501. The number of hydrogen-bond donors (Lipinski definition) is 2. The van der Waals surface area contributed by atoms with Crippen molar-refractivity contribution in [3.05, 3.63) is 18.2 Å². The molecule has 1 aliphatic carbocycles. The normalized spacial score (nSPS) is 21.4. The van der Waals surface area contributed by atoms with Gasteiger partial charge in [0.15, 0.2) is 0 Å². The van der Waals surface area contributed by atoms with Crippen LogP contribution in [-0.2, 0) is 13.1 Å². The number of aliphatic hydroxyl groups is 1. The van der Waals surface area contributed by atoms with E-state index in [4.69, 9.17) is 0 Å². The molecule has 0 bridgehead atoms. The van der Waals surface area contributed by atoms with Gasteiger partial charge in [0.05, 0.1) is 12.6 Å². The largest absolute Gasteiger partial charge is 0.393 e. The Balaban J connectivity index is 1.81. The fraction of sp³-hybridized carbons (Fsp3) is 0.765. The lowest BCUT2D eigenvalue weighted by Gasteiger charge is -2.31. The smallest absolute Gasteiger partial charge is 0.317 e. The number of amides is 2. The van der Waals surface area contributed by atoms with Gasteiger partial charge in [0.2, 0.25) is 0 Å². The van der Waals surface area contributed by atoms with E-state index >= 15 is 0 Å². The summed E-state index contributed by atoms with van der Waals surface area (Å²) < 4.78 is 2.08. The van der Waals surface area contributed by atoms with Crippen LogP contribution in [0.25, 0.3) is 0 Å². The summed E-state index contributed by atoms with van der Waals surface area (Å²) in [5, 5.41) is 13.0. The third-order valence-electron chi connectivity index (χ3n) is 4.49. The van der Waals surface area contributed by atoms with E-state index in [0.717, 1.165) is 38.1 Å². The van der Waals surface area contributed by atoms with Crippen molar-refractivity contribution in [2.45, 2.75) is 58.7 Å². The van der Waals surface area contributed by atoms with Crippen molar-refractivity contribution in [1.82, 2.24) is 19.8 Å². The van der Waals surface area contributed by atoms with Gasteiger partial charge >= 0.3 is 6.03 Å². The Labute approximate surface area is 138 Å². The van der Waals surface area contributed by atoms with Gasteiger partial charge in [-0.25, -0.2) is 9.78 Å². The van der Waals surface area contributed by atoms with Crippen molar-refractivity contribution in [2.75, 3.05) is 13.6 Å². The number of nitrogens with one attached hydrogen (secondary N) is 1. The van der Waals surface area contributed by atoms with Crippen molar-refractivity contribution in [2.24, 2.45) is 11.8 Å². The predicted octanol–water partition coefficient (Wildman–Crippen LogP) is 2.23. The van der Waals surface area contributed by atoms with E-state index in [1.54, 1.807) is 18.1 Å². The molecule has 130 valence electrons. The lowest BCUT2D eigenvalue weighted by Crippen LogP contribution is -2.43. The molecule has 1 saturated carbocycles. The van der Waals surface area contributed by atoms with E-state index in [2.05, 4.69) is 28.7 Å². The van der Waals surface area contributed by atoms with Crippen LogP contribution >= 0.6 is 0 Å². The van der Waals surface area contributed by atoms with Crippen LogP contribution < -0.4 is 5.32 Å². The highest BCUT2D eigenvalue weighted by Gasteiger charge is 2.25. The SMILES string of the molecule is CC(C)Cn1ccnc1CNC(=O)N(C)CC1CCCCC1O. The molecule has 0 spiro atoms. The average molecular weight is 322 g/mol. The summed E-state index contributed by atoms with van der Waals surface area (Å²) in [4.78, 5) is 18.2. The zero-order valence-corrected chi connectivity index (χ0v) is 14.5. The van der Waals surface area contributed by atoms with Crippen molar-refractivity contribution in [3.63, 3.8) is 0 Å². The van der Waals surface area contributed by atoms with E-state index in [1.165, 1.54) is 0 Å². The first-order valence-electron chi connectivity index (χ1n) is 8.64. The minimum absolute atomic E-state index is 0.109. The first-order chi connectivity index (χ1) is 11.0. The number of carbonyl (C=O) groups excluding carboxylic acids is 1. The van der Waals surface area contributed by atoms with Crippen LogP contribution in [0.4, 0.5) is 4.79 Å². The molecule has 2 atom stereocenters. The summed E-state index contributed by atoms with van der Waals surface area (Å²) in [6.07, 6.45) is 7.53. The van der Waals surface area contributed by atoms with Crippen LogP contribution in [0.5, 0.6) is 0 Å². The standard InChI is InChI=1S/C17H30N4O2/c1-13(2)11-21-9-8-18-16(21)10-19-17(23)20(3)12-14-6-4-5-7-15(14)22/h8-9,13-15,22H,4-7,10-12H2,1-3H3,(H,19,23). The molecule has 2 amide bonds. The van der Waals surface area contributed by atoms with E-state index in [9.17, 15) is 9.90 Å². The van der Waals surface area contributed by atoms with Crippen LogP contribution in [-0.4, -0.2) is 45.3 Å². The molecule has 23 heavy (non-hydrogen) atoms. The lowest BCUT2D eigenvalue weighted by molar-refractivity contribution is 0.0564. The topological polar surface area (TPSA) is 70.4 Å². The molecule has 0 aromatic carbocycles. The maximum atomic E-state index is 12.2. The summed E-state index contributed by atoms with van der Waals surface area (Å²) >= 11 is 0. The first-order valence-corrected chi connectivity index (χ1v) is 8.64. The van der Waals surface area contributed by atoms with Gasteiger partial charge in [0.25, 0.3) is 0 Å². The molecule has 1 fully saturated rings. The summed E-state index contributed by atoms with van der Waals surface area (Å²) in [6.45, 7) is 6.25. The molecule has 1 aromatic rings. The van der Waals surface area contributed by atoms with Crippen LogP contribution in [0.15, 0.2) is 12.4 Å². The second-order valence-corrected chi connectivity index (χ2v) is 7.04. The first kappa shape index (κ1) is 17.8. The Hall–Kier alpha value is -1.56. The van der Waals surface area contributed by atoms with Gasteiger partial charge < -0.3 is 19.9 Å². The van der Waals surface area contributed by atoms with Crippen molar-refractivity contribution in [1.29, 1.82) is 0 Å². The second kappa shape index (κ2) is 8.34. The number of urea groups is 1. The van der Waals surface area contributed by atoms with E-state index in [1.807, 2.05) is 6.20 Å². The van der Waals surface area contributed by atoms with Gasteiger partial charge in [0, 0.05) is 38.4 Å². The Morgan fingerprint density at radius 3 is 2.91 bits per heavy atom. The average Bonchev–Trinajstić information content (AvgIpc) is 2.93. The highest BCUT2D eigenvalue weighted by Crippen LogP contribution is 2.24. The predicted molar refractivity (Wildman–Crippen MR) is 89.9 cm³/mol. The Kier molecular flexibility index (Phi) is 6.45. The zero-order chi connectivity index (χ0) is 16.8. The third-order valence-corrected chi connectivity index (χ3v) is 4.49. The number of imidazole rings is 1. The fourth-order valence-electron chi connectivity index (χ4n) is 3.19. The molecule has 1 aliphatic rings. The van der Waals surface area contributed by atoms with Crippen molar-refractivity contribution < 1.29 is 9.90 Å². The number of aromatic nitrogens is 2. The highest BCUT2D eigenvalue weighted by atomic mass is 16.3. The summed E-state index contributed by atoms with van der Waals surface area (Å²) in [6, 6.07) is -0.109. The van der Waals surface area contributed by atoms with Crippen molar-refractivity contribution in [3.8, 4) is 0 Å². The third kappa shape index (κ3) is 5.23. The highest BCUT2D eigenvalue weighted by molar-refractivity contribution is 5.73. The van der Waals surface area contributed by atoms with Gasteiger partial charge in [-0.05, 0) is 18.8 Å². The molecular weight excluding hydrogens is 292 g/mol. The molecule has 1 aromatic heterocycles. The number of aliphatic hydroxyl groups excluding tert-OH is 1. The molecule has 0 radical (unpaired) electrons. The second-order valence-electron chi connectivity index (χ2n) is 7.04. The van der Waals surface area contributed by atoms with Crippen LogP contribution in [0.3, 0.4) is 0 Å². The minimum atomic E-state index is -0.274. The summed E-state index contributed by atoms with van der Waals surface area (Å²) in [5.41, 5.74) is 0. The molecule has 2 unspecified atom stereocenters. The van der Waals surface area contributed by atoms with Gasteiger partial charge in [-0.2, -0.15) is 0 Å². The molecule has 0 saturated heterocycles. The number of nitrogens with zero attached hydrogens (tertiary/aromatic N) is 3. The van der Waals surface area contributed by atoms with Crippen LogP contribution in [0.1, 0.15) is 45.4 Å². The molecule has 6 nitrogen and oxygen atoms in total. The maximum Gasteiger partial charge on any atom is 0.317 e. The monoisotopic (exact) mass is 322 g/mol. The van der Waals surface area contributed by atoms with Crippen molar-refractivity contribution >= 4 is 6.03 Å². The van der Waals surface area contributed by atoms with E-state index < -0.39 is 0 Å². The maximum absolute atomic E-state index is 12.2. The van der Waals surface area contributed by atoms with Gasteiger partial charge in [-0.15, -0.1) is 0 Å². The van der Waals surface area contributed by atoms with Crippen LogP contribution in [0, 0.1) is 11.8 Å². The van der Waals surface area contributed by atoms with Gasteiger partial charge in [-0.3, -0.25) is 0 Å². The van der Waals surface area contributed by atoms with E-state index in [0.29, 0.717) is 19.0 Å². The molecule has 1 heterocycles. The molecule has 2 rings (SSSR count). The number of carbonyl (C=O) groups is 1. The van der Waals surface area contributed by atoms with E-state index in [-0.39, 0.29) is 18.1 Å². The number of rotatable bonds is 6. The molecule has 6 heteroatoms. The Morgan fingerprint density at radius 1 is 1.48 bits per heavy atom. The molecule has 2 N–H and O–H groups in total. The summed E-state index contributed by atoms with van der Waals surface area (Å²) in [5.74, 6) is 1.61. The van der Waals surface area contributed by atoms with Crippen LogP contribution in [0.2, 0.25) is 0 Å². The lowest BCUT2D eigenvalue weighted by atomic mass is 9.86. The number of hydrogen-bond acceptors (Lipinski definition) is 3. The minimum Gasteiger partial charge on any atom is -0.393 e. The molecule has 0 aliphatic heterocycles. The zero-order valence-electron chi connectivity index (χ0n) is 14.5.